The van der Waals surface area contributed by atoms with Gasteiger partial charge in [-0.15, -0.1) is 0 Å². The molecule has 0 saturated carbocycles. The monoisotopic (exact) mass is 141 g/mol. The number of rotatable bonds is 4. The minimum absolute atomic E-state index is 0.626. The van der Waals surface area contributed by atoms with Crippen molar-refractivity contribution in [2.24, 2.45) is 0 Å². The summed E-state index contributed by atoms with van der Waals surface area (Å²) >= 11 is 0. The molecule has 1 atom stereocenters. The molecule has 0 bridgehead atoms. The zero-order chi connectivity index (χ0) is 7.98. The summed E-state index contributed by atoms with van der Waals surface area (Å²) in [4.78, 5) is 0. The van der Waals surface area contributed by atoms with Crippen molar-refractivity contribution in [2.75, 3.05) is 0 Å². The van der Waals surface area contributed by atoms with Crippen molar-refractivity contribution in [3.8, 4) is 0 Å². The molecule has 1 heteroatoms. The topological polar surface area (TPSA) is 12.0 Å². The molecule has 1 N–H and O–H groups in total. The van der Waals surface area contributed by atoms with Crippen molar-refractivity contribution in [3.63, 3.8) is 0 Å². The predicted octanol–water partition coefficient (Wildman–Crippen LogP) is 2.69. The summed E-state index contributed by atoms with van der Waals surface area (Å²) in [5, 5.41) is 3.39. The summed E-state index contributed by atoms with van der Waals surface area (Å²) in [6.45, 7) is 8.59. The van der Waals surface area contributed by atoms with Crippen molar-refractivity contribution in [1.29, 1.82) is 0 Å². The third-order valence-corrected chi connectivity index (χ3v) is 1.63. The molecule has 0 rings (SSSR count). The highest BCUT2D eigenvalue weighted by atomic mass is 14.9. The van der Waals surface area contributed by atoms with E-state index < -0.39 is 0 Å². The van der Waals surface area contributed by atoms with Gasteiger partial charge in [0.25, 0.3) is 0 Å². The molecule has 1 nitrogen and oxygen atoms in total. The Bertz CT molecular complexity index is 105. The second kappa shape index (κ2) is 5.33. The van der Waals surface area contributed by atoms with Gasteiger partial charge in [0.1, 0.15) is 0 Å². The van der Waals surface area contributed by atoms with Gasteiger partial charge in [0.15, 0.2) is 0 Å². The average molecular weight is 141 g/mol. The molecule has 0 saturated heterocycles. The van der Waals surface area contributed by atoms with Gasteiger partial charge in [0.05, 0.1) is 0 Å². The molecule has 0 heterocycles. The zero-order valence-electron chi connectivity index (χ0n) is 7.57. The molecule has 0 amide bonds. The summed E-state index contributed by atoms with van der Waals surface area (Å²) in [5.74, 6) is 0. The molecule has 0 aliphatic carbocycles. The molecule has 60 valence electrons. The van der Waals surface area contributed by atoms with Crippen LogP contribution in [0, 0.1) is 0 Å². The summed E-state index contributed by atoms with van der Waals surface area (Å²) in [7, 11) is 0. The lowest BCUT2D eigenvalue weighted by Crippen LogP contribution is -2.23. The van der Waals surface area contributed by atoms with Gasteiger partial charge in [-0.05, 0) is 27.2 Å². The van der Waals surface area contributed by atoms with Crippen LogP contribution in [-0.2, 0) is 0 Å². The third-order valence-electron chi connectivity index (χ3n) is 1.63. The average Bonchev–Trinajstić information content (AvgIpc) is 1.88. The van der Waals surface area contributed by atoms with Crippen LogP contribution < -0.4 is 5.32 Å². The lowest BCUT2D eigenvalue weighted by Gasteiger charge is -2.13. The fourth-order valence-corrected chi connectivity index (χ4v) is 0.977. The largest absolute Gasteiger partial charge is 0.386 e. The Hall–Kier alpha value is -0.460. The molecular weight excluding hydrogens is 122 g/mol. The third kappa shape index (κ3) is 4.42. The Kier molecular flexibility index (Phi) is 5.09. The van der Waals surface area contributed by atoms with Crippen molar-refractivity contribution in [1.82, 2.24) is 5.32 Å². The minimum atomic E-state index is 0.626. The number of hydrogen-bond acceptors (Lipinski definition) is 1. The van der Waals surface area contributed by atoms with Crippen LogP contribution in [0.1, 0.15) is 40.5 Å². The zero-order valence-corrected chi connectivity index (χ0v) is 7.57. The van der Waals surface area contributed by atoms with Crippen LogP contribution in [-0.4, -0.2) is 6.04 Å². The van der Waals surface area contributed by atoms with E-state index in [1.54, 1.807) is 0 Å². The van der Waals surface area contributed by atoms with Gasteiger partial charge in [-0.3, -0.25) is 0 Å². The van der Waals surface area contributed by atoms with Crippen LogP contribution in [0.5, 0.6) is 0 Å². The van der Waals surface area contributed by atoms with E-state index in [4.69, 9.17) is 0 Å². The van der Waals surface area contributed by atoms with Gasteiger partial charge in [-0.1, -0.05) is 19.4 Å². The molecule has 0 aromatic rings. The molecule has 0 radical (unpaired) electrons. The maximum absolute atomic E-state index is 3.39. The highest BCUT2D eigenvalue weighted by Gasteiger charge is 1.96. The summed E-state index contributed by atoms with van der Waals surface area (Å²) in [6, 6.07) is 0.626. The van der Waals surface area contributed by atoms with Gasteiger partial charge >= 0.3 is 0 Å². The number of nitrogens with one attached hydrogen (secondary N) is 1. The van der Waals surface area contributed by atoms with Crippen molar-refractivity contribution in [2.45, 2.75) is 46.6 Å². The van der Waals surface area contributed by atoms with Gasteiger partial charge < -0.3 is 5.32 Å². The van der Waals surface area contributed by atoms with E-state index in [0.29, 0.717) is 6.04 Å². The maximum Gasteiger partial charge on any atom is 0.0229 e. The van der Waals surface area contributed by atoms with Crippen LogP contribution in [0.25, 0.3) is 0 Å². The predicted molar refractivity (Wildman–Crippen MR) is 46.9 cm³/mol. The number of hydrogen-bond donors (Lipinski definition) is 1. The summed E-state index contributed by atoms with van der Waals surface area (Å²) in [5.41, 5.74) is 1.28. The van der Waals surface area contributed by atoms with Crippen LogP contribution in [0.15, 0.2) is 11.8 Å². The first-order valence-electron chi connectivity index (χ1n) is 4.10. The van der Waals surface area contributed by atoms with Gasteiger partial charge in [0.2, 0.25) is 0 Å². The van der Waals surface area contributed by atoms with E-state index in [9.17, 15) is 0 Å². The fraction of sp³-hybridized carbons (Fsp3) is 0.778. The Morgan fingerprint density at radius 3 is 2.60 bits per heavy atom. The Morgan fingerprint density at radius 1 is 1.60 bits per heavy atom. The molecule has 0 aromatic carbocycles. The van der Waals surface area contributed by atoms with Gasteiger partial charge in [-0.25, -0.2) is 0 Å². The van der Waals surface area contributed by atoms with Gasteiger partial charge in [-0.2, -0.15) is 0 Å². The lowest BCUT2D eigenvalue weighted by atomic mass is 10.2. The van der Waals surface area contributed by atoms with E-state index in [1.165, 1.54) is 18.5 Å². The van der Waals surface area contributed by atoms with Crippen LogP contribution in [0.2, 0.25) is 0 Å². The highest BCUT2D eigenvalue weighted by Crippen LogP contribution is 1.97. The van der Waals surface area contributed by atoms with Crippen molar-refractivity contribution >= 4 is 0 Å². The van der Waals surface area contributed by atoms with E-state index in [-0.39, 0.29) is 0 Å². The molecule has 0 spiro atoms. The second-order valence-electron chi connectivity index (χ2n) is 2.81. The number of allylic oxidation sites excluding steroid dienone is 2. The van der Waals surface area contributed by atoms with Crippen LogP contribution in [0.4, 0.5) is 0 Å². The fourth-order valence-electron chi connectivity index (χ4n) is 0.977. The van der Waals surface area contributed by atoms with Crippen molar-refractivity contribution in [3.05, 3.63) is 11.8 Å². The molecule has 0 unspecified atom stereocenters. The Balaban J connectivity index is 3.47. The SMILES string of the molecule is C/C=C(\C)N[C@@H](C)CCC. The summed E-state index contributed by atoms with van der Waals surface area (Å²) < 4.78 is 0. The molecule has 0 fully saturated rings. The standard InChI is InChI=1S/C9H19N/c1-5-7-9(4)10-8(3)6-2/h6,9-10H,5,7H2,1-4H3/b8-6+/t9-/m0/s1. The highest BCUT2D eigenvalue weighted by molar-refractivity contribution is 4.93. The normalized spacial score (nSPS) is 15.0. The molecule has 0 aliphatic heterocycles. The van der Waals surface area contributed by atoms with Crippen LogP contribution in [0.3, 0.4) is 0 Å². The van der Waals surface area contributed by atoms with E-state index in [1.807, 2.05) is 0 Å². The minimum Gasteiger partial charge on any atom is -0.386 e. The summed E-state index contributed by atoms with van der Waals surface area (Å²) in [6.07, 6.45) is 4.61. The van der Waals surface area contributed by atoms with Crippen LogP contribution >= 0.6 is 0 Å². The first-order chi connectivity index (χ1) is 4.70. The Labute approximate surface area is 64.5 Å². The van der Waals surface area contributed by atoms with E-state index in [0.717, 1.165) is 0 Å². The Morgan fingerprint density at radius 2 is 2.20 bits per heavy atom. The molecule has 0 aliphatic rings. The van der Waals surface area contributed by atoms with E-state index in [2.05, 4.69) is 39.1 Å². The molecule has 10 heavy (non-hydrogen) atoms. The molecule has 0 aromatic heterocycles. The first-order valence-corrected chi connectivity index (χ1v) is 4.10. The maximum atomic E-state index is 3.39. The second-order valence-corrected chi connectivity index (χ2v) is 2.81. The van der Waals surface area contributed by atoms with Gasteiger partial charge in [0, 0.05) is 11.7 Å². The van der Waals surface area contributed by atoms with Crippen molar-refractivity contribution < 1.29 is 0 Å². The molecular formula is C9H19N. The smallest absolute Gasteiger partial charge is 0.0229 e. The van der Waals surface area contributed by atoms with E-state index >= 15 is 0 Å². The quantitative estimate of drug-likeness (QED) is 0.634. The lowest BCUT2D eigenvalue weighted by molar-refractivity contribution is 0.559. The first kappa shape index (κ1) is 9.54.